The van der Waals surface area contributed by atoms with Crippen molar-refractivity contribution in [2.75, 3.05) is 5.32 Å². The Balaban J connectivity index is 1.59. The maximum absolute atomic E-state index is 12.6. The van der Waals surface area contributed by atoms with Gasteiger partial charge in [0.15, 0.2) is 0 Å². The van der Waals surface area contributed by atoms with Crippen molar-refractivity contribution in [1.29, 1.82) is 0 Å². The van der Waals surface area contributed by atoms with E-state index < -0.39 is 0 Å². The number of unbranched alkanes of at least 4 members (excludes halogenated alkanes) is 1. The van der Waals surface area contributed by atoms with Gasteiger partial charge in [0.1, 0.15) is 0 Å². The first-order valence-electron chi connectivity index (χ1n) is 9.62. The third kappa shape index (κ3) is 4.81. The predicted octanol–water partition coefficient (Wildman–Crippen LogP) is 4.37. The Kier molecular flexibility index (Phi) is 6.21. The molecule has 0 spiro atoms. The van der Waals surface area contributed by atoms with Crippen molar-refractivity contribution < 1.29 is 4.79 Å². The van der Waals surface area contributed by atoms with Crippen LogP contribution in [0.1, 0.15) is 51.9 Å². The van der Waals surface area contributed by atoms with Gasteiger partial charge in [-0.3, -0.25) is 9.59 Å². The van der Waals surface area contributed by atoms with E-state index in [1.54, 1.807) is 6.07 Å². The lowest BCUT2D eigenvalue weighted by Gasteiger charge is -2.27. The summed E-state index contributed by atoms with van der Waals surface area (Å²) in [5, 5.41) is 9.53. The Morgan fingerprint density at radius 2 is 2.00 bits per heavy atom. The van der Waals surface area contributed by atoms with Crippen LogP contribution in [-0.4, -0.2) is 16.1 Å². The zero-order valence-electron chi connectivity index (χ0n) is 15.3. The normalized spacial score (nSPS) is 19.9. The average molecular weight is 353 g/mol. The zero-order valence-corrected chi connectivity index (χ0v) is 15.3. The number of nitrogens with zero attached hydrogens (tertiary/aromatic N) is 1. The predicted molar refractivity (Wildman–Crippen MR) is 104 cm³/mol. The van der Waals surface area contributed by atoms with Crippen molar-refractivity contribution in [3.05, 3.63) is 46.8 Å². The minimum atomic E-state index is -0.229. The Bertz CT molecular complexity index is 771. The van der Waals surface area contributed by atoms with E-state index in [2.05, 4.69) is 22.4 Å². The summed E-state index contributed by atoms with van der Waals surface area (Å²) in [7, 11) is 0. The molecule has 5 heteroatoms. The smallest absolute Gasteiger partial charge is 0.264 e. The number of carbonyl (C=O) groups excluding carboxylic acids is 1. The fourth-order valence-electron chi connectivity index (χ4n) is 3.71. The zero-order chi connectivity index (χ0) is 18.4. The van der Waals surface area contributed by atoms with Crippen molar-refractivity contribution >= 4 is 11.6 Å². The molecule has 5 nitrogen and oxygen atoms in total. The molecule has 2 aromatic rings. The van der Waals surface area contributed by atoms with Gasteiger partial charge in [-0.1, -0.05) is 38.3 Å². The van der Waals surface area contributed by atoms with E-state index in [-0.39, 0.29) is 17.4 Å². The highest BCUT2D eigenvalue weighted by molar-refractivity contribution is 5.93. The number of carbonyl (C=O) groups is 1. The van der Waals surface area contributed by atoms with Crippen LogP contribution in [-0.2, 0) is 4.79 Å². The number of rotatable bonds is 6. The molecule has 1 saturated carbocycles. The number of aromatic nitrogens is 2. The number of aromatic amines is 1. The summed E-state index contributed by atoms with van der Waals surface area (Å²) in [6.45, 7) is 2.23. The first-order valence-corrected chi connectivity index (χ1v) is 9.62. The number of hydrogen-bond donors (Lipinski definition) is 2. The SMILES string of the molecule is CCCCC1CCC(C(=O)Nc2cccc(-c3ccc(=O)[nH]n3)c2)CC1. The van der Waals surface area contributed by atoms with Gasteiger partial charge < -0.3 is 5.32 Å². The quantitative estimate of drug-likeness (QED) is 0.809. The number of anilines is 1. The summed E-state index contributed by atoms with van der Waals surface area (Å²) in [6.07, 6.45) is 8.16. The van der Waals surface area contributed by atoms with Gasteiger partial charge in [0.05, 0.1) is 5.69 Å². The van der Waals surface area contributed by atoms with Crippen molar-refractivity contribution in [1.82, 2.24) is 10.2 Å². The molecule has 138 valence electrons. The van der Waals surface area contributed by atoms with Crippen LogP contribution in [0.5, 0.6) is 0 Å². The van der Waals surface area contributed by atoms with Crippen molar-refractivity contribution in [3.8, 4) is 11.3 Å². The van der Waals surface area contributed by atoms with Crippen LogP contribution in [0, 0.1) is 11.8 Å². The highest BCUT2D eigenvalue weighted by Crippen LogP contribution is 2.32. The van der Waals surface area contributed by atoms with Gasteiger partial charge in [0, 0.05) is 23.2 Å². The van der Waals surface area contributed by atoms with E-state index >= 15 is 0 Å². The number of amides is 1. The van der Waals surface area contributed by atoms with E-state index in [0.717, 1.165) is 30.0 Å². The molecular weight excluding hydrogens is 326 g/mol. The fourth-order valence-corrected chi connectivity index (χ4v) is 3.71. The standard InChI is InChI=1S/C21H27N3O2/c1-2-3-5-15-8-10-16(11-9-15)21(26)22-18-7-4-6-17(14-18)19-12-13-20(25)24-23-19/h4,6-7,12-16H,2-3,5,8-11H2,1H3,(H,22,26)(H,24,25). The summed E-state index contributed by atoms with van der Waals surface area (Å²) < 4.78 is 0. The van der Waals surface area contributed by atoms with Crippen LogP contribution in [0.25, 0.3) is 11.3 Å². The van der Waals surface area contributed by atoms with Gasteiger partial charge in [-0.05, 0) is 49.8 Å². The molecule has 2 N–H and O–H groups in total. The van der Waals surface area contributed by atoms with Crippen LogP contribution in [0.3, 0.4) is 0 Å². The van der Waals surface area contributed by atoms with Gasteiger partial charge in [0.2, 0.25) is 5.91 Å². The second-order valence-corrected chi connectivity index (χ2v) is 7.24. The topological polar surface area (TPSA) is 74.8 Å². The van der Waals surface area contributed by atoms with E-state index in [1.807, 2.05) is 24.3 Å². The first-order chi connectivity index (χ1) is 12.7. The Morgan fingerprint density at radius 3 is 2.69 bits per heavy atom. The summed E-state index contributed by atoms with van der Waals surface area (Å²) >= 11 is 0. The molecule has 0 unspecified atom stereocenters. The number of nitrogens with one attached hydrogen (secondary N) is 2. The Morgan fingerprint density at radius 1 is 1.19 bits per heavy atom. The fraction of sp³-hybridized carbons (Fsp3) is 0.476. The molecule has 1 amide bonds. The van der Waals surface area contributed by atoms with Crippen LogP contribution in [0.2, 0.25) is 0 Å². The summed E-state index contributed by atoms with van der Waals surface area (Å²) in [5.41, 5.74) is 2.08. The average Bonchev–Trinajstić information content (AvgIpc) is 2.67. The van der Waals surface area contributed by atoms with E-state index in [9.17, 15) is 9.59 Å². The van der Waals surface area contributed by atoms with Gasteiger partial charge >= 0.3 is 0 Å². The third-order valence-electron chi connectivity index (χ3n) is 5.29. The molecule has 0 atom stereocenters. The molecule has 26 heavy (non-hydrogen) atoms. The highest BCUT2D eigenvalue weighted by Gasteiger charge is 2.26. The lowest BCUT2D eigenvalue weighted by atomic mass is 9.79. The van der Waals surface area contributed by atoms with Gasteiger partial charge in [-0.25, -0.2) is 5.10 Å². The van der Waals surface area contributed by atoms with E-state index in [0.29, 0.717) is 5.69 Å². The molecular formula is C21H27N3O2. The van der Waals surface area contributed by atoms with Crippen molar-refractivity contribution in [3.63, 3.8) is 0 Å². The van der Waals surface area contributed by atoms with Gasteiger partial charge in [-0.2, -0.15) is 5.10 Å². The largest absolute Gasteiger partial charge is 0.326 e. The lowest BCUT2D eigenvalue weighted by Crippen LogP contribution is -2.27. The second-order valence-electron chi connectivity index (χ2n) is 7.24. The molecule has 0 aliphatic heterocycles. The van der Waals surface area contributed by atoms with Crippen LogP contribution in [0.15, 0.2) is 41.2 Å². The molecule has 3 rings (SSSR count). The van der Waals surface area contributed by atoms with Crippen molar-refractivity contribution in [2.24, 2.45) is 11.8 Å². The monoisotopic (exact) mass is 353 g/mol. The molecule has 1 aromatic carbocycles. The number of H-pyrrole nitrogens is 1. The summed E-state index contributed by atoms with van der Waals surface area (Å²) in [6, 6.07) is 10.7. The summed E-state index contributed by atoms with van der Waals surface area (Å²) in [5.74, 6) is 1.03. The van der Waals surface area contributed by atoms with E-state index in [1.165, 1.54) is 38.2 Å². The van der Waals surface area contributed by atoms with Crippen LogP contribution in [0.4, 0.5) is 5.69 Å². The van der Waals surface area contributed by atoms with Gasteiger partial charge in [0.25, 0.3) is 5.56 Å². The molecule has 1 aliphatic rings. The van der Waals surface area contributed by atoms with Crippen LogP contribution >= 0.6 is 0 Å². The second kappa shape index (κ2) is 8.79. The minimum Gasteiger partial charge on any atom is -0.326 e. The number of benzene rings is 1. The maximum atomic E-state index is 12.6. The first kappa shape index (κ1) is 18.4. The van der Waals surface area contributed by atoms with Crippen molar-refractivity contribution in [2.45, 2.75) is 51.9 Å². The molecule has 1 heterocycles. The molecule has 1 aromatic heterocycles. The Hall–Kier alpha value is -2.43. The maximum Gasteiger partial charge on any atom is 0.264 e. The number of hydrogen-bond acceptors (Lipinski definition) is 3. The summed E-state index contributed by atoms with van der Waals surface area (Å²) in [4.78, 5) is 23.8. The minimum absolute atomic E-state index is 0.114. The van der Waals surface area contributed by atoms with E-state index in [4.69, 9.17) is 0 Å². The molecule has 0 saturated heterocycles. The van der Waals surface area contributed by atoms with Crippen LogP contribution < -0.4 is 10.9 Å². The molecule has 1 aliphatic carbocycles. The molecule has 0 bridgehead atoms. The lowest BCUT2D eigenvalue weighted by molar-refractivity contribution is -0.121. The van der Waals surface area contributed by atoms with Gasteiger partial charge in [-0.15, -0.1) is 0 Å². The highest BCUT2D eigenvalue weighted by atomic mass is 16.2. The molecule has 1 fully saturated rings. The molecule has 0 radical (unpaired) electrons. The third-order valence-corrected chi connectivity index (χ3v) is 5.29. The Labute approximate surface area is 154 Å².